The molecular weight excluding hydrogens is 324 g/mol. The fourth-order valence-electron chi connectivity index (χ4n) is 3.21. The smallest absolute Gasteiger partial charge is 0.264 e. The third-order valence-electron chi connectivity index (χ3n) is 4.53. The zero-order chi connectivity index (χ0) is 16.5. The third kappa shape index (κ3) is 2.78. The zero-order valence-electron chi connectivity index (χ0n) is 13.2. The van der Waals surface area contributed by atoms with Crippen LogP contribution < -0.4 is 4.74 Å². The van der Waals surface area contributed by atoms with E-state index in [0.29, 0.717) is 32.6 Å². The number of nitrogens with zero attached hydrogens (tertiary/aromatic N) is 2. The van der Waals surface area contributed by atoms with Crippen molar-refractivity contribution in [2.45, 2.75) is 12.5 Å². The van der Waals surface area contributed by atoms with Crippen molar-refractivity contribution >= 4 is 23.2 Å². The second-order valence-corrected chi connectivity index (χ2v) is 6.96. The Bertz CT molecular complexity index is 726. The predicted molar refractivity (Wildman–Crippen MR) is 91.4 cm³/mol. The largest absolute Gasteiger partial charge is 0.480 e. The van der Waals surface area contributed by atoms with E-state index in [1.165, 1.54) is 11.3 Å². The maximum Gasteiger partial charge on any atom is 0.264 e. The number of amides is 2. The molecule has 0 saturated carbocycles. The van der Waals surface area contributed by atoms with Crippen molar-refractivity contribution in [2.75, 3.05) is 26.2 Å². The molecule has 124 valence electrons. The van der Waals surface area contributed by atoms with Crippen molar-refractivity contribution in [1.29, 1.82) is 0 Å². The molecule has 2 aromatic rings. The third-order valence-corrected chi connectivity index (χ3v) is 5.39. The van der Waals surface area contributed by atoms with E-state index in [1.54, 1.807) is 0 Å². The molecule has 24 heavy (non-hydrogen) atoms. The zero-order valence-corrected chi connectivity index (χ0v) is 14.0. The highest BCUT2D eigenvalue weighted by atomic mass is 32.1. The Kier molecular flexibility index (Phi) is 3.98. The molecule has 4 rings (SSSR count). The van der Waals surface area contributed by atoms with E-state index in [9.17, 15) is 9.59 Å². The monoisotopic (exact) mass is 342 g/mol. The first-order valence-electron chi connectivity index (χ1n) is 8.08. The molecule has 0 N–H and O–H groups in total. The van der Waals surface area contributed by atoms with E-state index in [2.05, 4.69) is 0 Å². The molecule has 0 bridgehead atoms. The van der Waals surface area contributed by atoms with E-state index in [0.717, 1.165) is 16.2 Å². The topological polar surface area (TPSA) is 49.9 Å². The number of thiophene rings is 1. The van der Waals surface area contributed by atoms with Gasteiger partial charge in [-0.2, -0.15) is 0 Å². The second-order valence-electron chi connectivity index (χ2n) is 6.01. The molecule has 0 aliphatic carbocycles. The van der Waals surface area contributed by atoms with Gasteiger partial charge in [-0.15, -0.1) is 11.3 Å². The van der Waals surface area contributed by atoms with Gasteiger partial charge >= 0.3 is 0 Å². The first kappa shape index (κ1) is 15.2. The minimum absolute atomic E-state index is 0.0226. The Morgan fingerprint density at radius 3 is 2.46 bits per heavy atom. The summed E-state index contributed by atoms with van der Waals surface area (Å²) in [7, 11) is 0. The number of hydrogen-bond donors (Lipinski definition) is 0. The lowest BCUT2D eigenvalue weighted by molar-refractivity contribution is -0.139. The Balaban J connectivity index is 1.35. The molecule has 1 fully saturated rings. The Labute approximate surface area is 144 Å². The average molecular weight is 342 g/mol. The van der Waals surface area contributed by atoms with Crippen molar-refractivity contribution in [1.82, 2.24) is 9.80 Å². The summed E-state index contributed by atoms with van der Waals surface area (Å²) >= 11 is 1.45. The van der Waals surface area contributed by atoms with Gasteiger partial charge in [0.1, 0.15) is 5.75 Å². The van der Waals surface area contributed by atoms with Gasteiger partial charge in [-0.25, -0.2) is 0 Å². The summed E-state index contributed by atoms with van der Waals surface area (Å²) < 4.78 is 5.79. The Hall–Kier alpha value is -2.34. The lowest BCUT2D eigenvalue weighted by Gasteiger charge is -2.35. The molecule has 1 aromatic heterocycles. The van der Waals surface area contributed by atoms with Crippen LogP contribution in [0.3, 0.4) is 0 Å². The summed E-state index contributed by atoms with van der Waals surface area (Å²) in [4.78, 5) is 29.4. The maximum absolute atomic E-state index is 12.7. The molecule has 1 saturated heterocycles. The van der Waals surface area contributed by atoms with Gasteiger partial charge in [0.2, 0.25) is 0 Å². The highest BCUT2D eigenvalue weighted by Gasteiger charge is 2.34. The van der Waals surface area contributed by atoms with E-state index >= 15 is 0 Å². The number of ether oxygens (including phenoxy) is 1. The van der Waals surface area contributed by atoms with Gasteiger partial charge in [0, 0.05) is 32.6 Å². The summed E-state index contributed by atoms with van der Waals surface area (Å²) in [5.41, 5.74) is 1.09. The van der Waals surface area contributed by atoms with Crippen molar-refractivity contribution < 1.29 is 14.3 Å². The molecule has 1 aromatic carbocycles. The van der Waals surface area contributed by atoms with Crippen LogP contribution in [0.2, 0.25) is 0 Å². The summed E-state index contributed by atoms with van der Waals surface area (Å²) in [6.07, 6.45) is 0.200. The van der Waals surface area contributed by atoms with E-state index < -0.39 is 6.10 Å². The van der Waals surface area contributed by atoms with Crippen molar-refractivity contribution in [3.05, 3.63) is 52.2 Å². The molecule has 0 spiro atoms. The van der Waals surface area contributed by atoms with Crippen LogP contribution in [0.5, 0.6) is 5.75 Å². The van der Waals surface area contributed by atoms with Gasteiger partial charge in [-0.1, -0.05) is 24.3 Å². The van der Waals surface area contributed by atoms with Crippen LogP contribution in [0.15, 0.2) is 41.8 Å². The summed E-state index contributed by atoms with van der Waals surface area (Å²) in [5.74, 6) is 0.887. The fourth-order valence-corrected chi connectivity index (χ4v) is 3.90. The number of para-hydroxylation sites is 1. The number of carbonyl (C=O) groups excluding carboxylic acids is 2. The highest BCUT2D eigenvalue weighted by Crippen LogP contribution is 2.29. The number of hydrogen-bond acceptors (Lipinski definition) is 4. The number of fused-ring (bicyclic) bond motifs is 1. The summed E-state index contributed by atoms with van der Waals surface area (Å²) in [6, 6.07) is 11.5. The average Bonchev–Trinajstić information content (AvgIpc) is 3.30. The van der Waals surface area contributed by atoms with Crippen molar-refractivity contribution in [2.24, 2.45) is 0 Å². The SMILES string of the molecule is O=C(c1cccs1)N1CCN(C(=O)[C@H]2Cc3ccccc3O2)CC1. The quantitative estimate of drug-likeness (QED) is 0.839. The van der Waals surface area contributed by atoms with Gasteiger partial charge in [-0.3, -0.25) is 9.59 Å². The molecule has 2 aliphatic rings. The number of carbonyl (C=O) groups is 2. The molecule has 0 radical (unpaired) electrons. The number of piperazine rings is 1. The van der Waals surface area contributed by atoms with Crippen LogP contribution in [0.1, 0.15) is 15.2 Å². The normalized spacial score (nSPS) is 19.8. The van der Waals surface area contributed by atoms with E-state index in [4.69, 9.17) is 4.74 Å². The molecule has 3 heterocycles. The van der Waals surface area contributed by atoms with Gasteiger partial charge in [0.05, 0.1) is 4.88 Å². The van der Waals surface area contributed by atoms with E-state index in [1.807, 2.05) is 51.6 Å². The molecular formula is C18H18N2O3S. The maximum atomic E-state index is 12.7. The number of benzene rings is 1. The van der Waals surface area contributed by atoms with Gasteiger partial charge < -0.3 is 14.5 Å². The minimum atomic E-state index is -0.429. The molecule has 5 nitrogen and oxygen atoms in total. The van der Waals surface area contributed by atoms with Crippen LogP contribution in [0, 0.1) is 0 Å². The van der Waals surface area contributed by atoms with Gasteiger partial charge in [-0.05, 0) is 23.1 Å². The second kappa shape index (κ2) is 6.28. The molecule has 1 atom stereocenters. The van der Waals surface area contributed by atoms with E-state index in [-0.39, 0.29) is 11.8 Å². The van der Waals surface area contributed by atoms with Crippen LogP contribution in [-0.4, -0.2) is 53.9 Å². The number of rotatable bonds is 2. The molecule has 2 amide bonds. The Morgan fingerprint density at radius 1 is 1.00 bits per heavy atom. The van der Waals surface area contributed by atoms with Crippen molar-refractivity contribution in [3.63, 3.8) is 0 Å². The first-order valence-corrected chi connectivity index (χ1v) is 8.96. The molecule has 2 aliphatic heterocycles. The fraction of sp³-hybridized carbons (Fsp3) is 0.333. The Morgan fingerprint density at radius 2 is 1.75 bits per heavy atom. The first-order chi connectivity index (χ1) is 11.7. The van der Waals surface area contributed by atoms with Gasteiger partial charge in [0.25, 0.3) is 11.8 Å². The molecule has 6 heteroatoms. The van der Waals surface area contributed by atoms with Gasteiger partial charge in [0.15, 0.2) is 6.10 Å². The highest BCUT2D eigenvalue weighted by molar-refractivity contribution is 7.12. The van der Waals surface area contributed by atoms with Crippen LogP contribution in [0.4, 0.5) is 0 Å². The lowest BCUT2D eigenvalue weighted by atomic mass is 10.1. The standard InChI is InChI=1S/C18H18N2O3S/c21-17(15-12-13-4-1-2-5-14(13)23-15)19-7-9-20(10-8-19)18(22)16-6-3-11-24-16/h1-6,11,15H,7-10,12H2/t15-/m1/s1. The van der Waals surface area contributed by atoms with Crippen LogP contribution >= 0.6 is 11.3 Å². The summed E-state index contributed by atoms with van der Waals surface area (Å²) in [5, 5.41) is 1.90. The summed E-state index contributed by atoms with van der Waals surface area (Å²) in [6.45, 7) is 2.27. The minimum Gasteiger partial charge on any atom is -0.480 e. The van der Waals surface area contributed by atoms with Crippen molar-refractivity contribution in [3.8, 4) is 5.75 Å². The predicted octanol–water partition coefficient (Wildman–Crippen LogP) is 2.04. The molecule has 0 unspecified atom stereocenters. The lowest BCUT2D eigenvalue weighted by Crippen LogP contribution is -2.53. The van der Waals surface area contributed by atoms with Crippen LogP contribution in [0.25, 0.3) is 0 Å². The van der Waals surface area contributed by atoms with Crippen LogP contribution in [-0.2, 0) is 11.2 Å².